The summed E-state index contributed by atoms with van der Waals surface area (Å²) in [7, 11) is 2.55. The molecule has 0 aromatic rings. The number of methoxy groups -OCH3 is 2. The van der Waals surface area contributed by atoms with Crippen molar-refractivity contribution >= 4 is 11.9 Å². The molecule has 0 spiro atoms. The van der Waals surface area contributed by atoms with Gasteiger partial charge in [0.25, 0.3) is 0 Å². The van der Waals surface area contributed by atoms with E-state index in [9.17, 15) is 9.59 Å². The van der Waals surface area contributed by atoms with Crippen LogP contribution in [0.4, 0.5) is 0 Å². The first-order valence-corrected chi connectivity index (χ1v) is 3.78. The normalized spacial score (nSPS) is 14.6. The van der Waals surface area contributed by atoms with Crippen LogP contribution >= 0.6 is 0 Å². The molecule has 0 aliphatic heterocycles. The van der Waals surface area contributed by atoms with Crippen LogP contribution in [0.1, 0.15) is 6.42 Å². The zero-order valence-electron chi connectivity index (χ0n) is 7.49. The summed E-state index contributed by atoms with van der Waals surface area (Å²) >= 11 is 0. The van der Waals surface area contributed by atoms with Crippen molar-refractivity contribution in [1.29, 1.82) is 0 Å². The van der Waals surface area contributed by atoms with Crippen LogP contribution in [0.5, 0.6) is 0 Å². The van der Waals surface area contributed by atoms with E-state index in [1.807, 2.05) is 0 Å². The van der Waals surface area contributed by atoms with E-state index in [0.29, 0.717) is 6.42 Å². The van der Waals surface area contributed by atoms with Gasteiger partial charge in [-0.1, -0.05) is 12.2 Å². The van der Waals surface area contributed by atoms with E-state index in [1.165, 1.54) is 14.2 Å². The maximum atomic E-state index is 11.1. The number of carbonyl (C=O) groups is 2. The molecule has 0 radical (unpaired) electrons. The maximum Gasteiger partial charge on any atom is 0.338 e. The zero-order chi connectivity index (χ0) is 9.84. The van der Waals surface area contributed by atoms with Gasteiger partial charge in [-0.3, -0.25) is 0 Å². The highest BCUT2D eigenvalue weighted by atomic mass is 16.5. The van der Waals surface area contributed by atoms with E-state index in [1.54, 1.807) is 12.2 Å². The van der Waals surface area contributed by atoms with Crippen molar-refractivity contribution < 1.29 is 19.1 Å². The fourth-order valence-electron chi connectivity index (χ4n) is 1.12. The average Bonchev–Trinajstić information content (AvgIpc) is 2.63. The molecule has 0 unspecified atom stereocenters. The topological polar surface area (TPSA) is 52.6 Å². The molecule has 4 heteroatoms. The summed E-state index contributed by atoms with van der Waals surface area (Å²) in [5.41, 5.74) is 0.573. The second kappa shape index (κ2) is 3.89. The van der Waals surface area contributed by atoms with Crippen LogP contribution in [-0.4, -0.2) is 26.2 Å². The first kappa shape index (κ1) is 9.51. The van der Waals surface area contributed by atoms with Crippen LogP contribution in [0.15, 0.2) is 23.3 Å². The Balaban J connectivity index is 2.84. The van der Waals surface area contributed by atoms with Gasteiger partial charge in [0.05, 0.1) is 25.4 Å². The van der Waals surface area contributed by atoms with Crippen molar-refractivity contribution in [1.82, 2.24) is 0 Å². The zero-order valence-corrected chi connectivity index (χ0v) is 7.49. The maximum absolute atomic E-state index is 11.1. The summed E-state index contributed by atoms with van der Waals surface area (Å²) in [5.74, 6) is -1.01. The lowest BCUT2D eigenvalue weighted by molar-refractivity contribution is -0.139. The Hall–Kier alpha value is -1.58. The van der Waals surface area contributed by atoms with Crippen molar-refractivity contribution in [3.05, 3.63) is 23.3 Å². The Labute approximate surface area is 75.8 Å². The third-order valence-electron chi connectivity index (χ3n) is 1.74. The second-order valence-corrected chi connectivity index (χ2v) is 2.45. The van der Waals surface area contributed by atoms with Crippen LogP contribution < -0.4 is 0 Å². The Morgan fingerprint density at radius 3 is 1.77 bits per heavy atom. The number of hydrogen-bond donors (Lipinski definition) is 0. The average molecular weight is 182 g/mol. The molecule has 0 amide bonds. The van der Waals surface area contributed by atoms with E-state index in [-0.39, 0.29) is 11.1 Å². The number of allylic oxidation sites excluding steroid dienone is 2. The van der Waals surface area contributed by atoms with Gasteiger partial charge in [0.15, 0.2) is 0 Å². The number of ether oxygens (including phenoxy) is 2. The largest absolute Gasteiger partial charge is 0.465 e. The molecule has 0 aromatic carbocycles. The number of esters is 2. The van der Waals surface area contributed by atoms with Crippen LogP contribution in [0.25, 0.3) is 0 Å². The van der Waals surface area contributed by atoms with Gasteiger partial charge >= 0.3 is 11.9 Å². The van der Waals surface area contributed by atoms with Gasteiger partial charge in [-0.2, -0.15) is 0 Å². The lowest BCUT2D eigenvalue weighted by Crippen LogP contribution is -2.12. The van der Waals surface area contributed by atoms with Crippen molar-refractivity contribution in [2.45, 2.75) is 6.42 Å². The molecule has 0 N–H and O–H groups in total. The molecule has 0 saturated heterocycles. The Kier molecular flexibility index (Phi) is 2.84. The van der Waals surface area contributed by atoms with Gasteiger partial charge in [-0.25, -0.2) is 9.59 Å². The van der Waals surface area contributed by atoms with E-state index in [0.717, 1.165) is 0 Å². The molecule has 70 valence electrons. The first-order valence-electron chi connectivity index (χ1n) is 3.78. The molecule has 1 rings (SSSR count). The smallest absolute Gasteiger partial charge is 0.338 e. The third-order valence-corrected chi connectivity index (χ3v) is 1.74. The lowest BCUT2D eigenvalue weighted by Gasteiger charge is -2.03. The molecule has 13 heavy (non-hydrogen) atoms. The summed E-state index contributed by atoms with van der Waals surface area (Å²) in [5, 5.41) is 0. The molecule has 0 heterocycles. The first-order chi connectivity index (χ1) is 6.20. The summed E-state index contributed by atoms with van der Waals surface area (Å²) < 4.78 is 9.01. The third kappa shape index (κ3) is 1.77. The van der Waals surface area contributed by atoms with Gasteiger partial charge in [0.1, 0.15) is 0 Å². The van der Waals surface area contributed by atoms with Crippen molar-refractivity contribution in [2.24, 2.45) is 0 Å². The van der Waals surface area contributed by atoms with Crippen molar-refractivity contribution in [3.8, 4) is 0 Å². The lowest BCUT2D eigenvalue weighted by atomic mass is 10.1. The molecule has 0 saturated carbocycles. The highest BCUT2D eigenvalue weighted by Gasteiger charge is 2.24. The van der Waals surface area contributed by atoms with Crippen LogP contribution in [0.3, 0.4) is 0 Å². The number of rotatable bonds is 2. The molecule has 0 bridgehead atoms. The minimum absolute atomic E-state index is 0.286. The number of carbonyl (C=O) groups excluding carboxylic acids is 2. The molecule has 1 aliphatic rings. The van der Waals surface area contributed by atoms with E-state index in [2.05, 4.69) is 9.47 Å². The molecular formula is C9H10O4. The summed E-state index contributed by atoms with van der Waals surface area (Å²) in [4.78, 5) is 22.2. The van der Waals surface area contributed by atoms with Gasteiger partial charge in [0.2, 0.25) is 0 Å². The van der Waals surface area contributed by atoms with Crippen LogP contribution in [0.2, 0.25) is 0 Å². The van der Waals surface area contributed by atoms with Gasteiger partial charge in [-0.15, -0.1) is 0 Å². The molecule has 0 fully saturated rings. The van der Waals surface area contributed by atoms with Gasteiger partial charge in [-0.05, 0) is 6.42 Å². The minimum atomic E-state index is -0.505. The Morgan fingerprint density at radius 1 is 1.08 bits per heavy atom. The summed E-state index contributed by atoms with van der Waals surface area (Å²) in [6.45, 7) is 0. The minimum Gasteiger partial charge on any atom is -0.465 e. The predicted molar refractivity (Wildman–Crippen MR) is 44.8 cm³/mol. The highest BCUT2D eigenvalue weighted by Crippen LogP contribution is 2.21. The van der Waals surface area contributed by atoms with Gasteiger partial charge < -0.3 is 9.47 Å². The van der Waals surface area contributed by atoms with E-state index >= 15 is 0 Å². The second-order valence-electron chi connectivity index (χ2n) is 2.45. The highest BCUT2D eigenvalue weighted by molar-refractivity contribution is 6.07. The monoisotopic (exact) mass is 182 g/mol. The number of hydrogen-bond acceptors (Lipinski definition) is 4. The molecular weight excluding hydrogens is 172 g/mol. The fourth-order valence-corrected chi connectivity index (χ4v) is 1.12. The van der Waals surface area contributed by atoms with Crippen LogP contribution in [0, 0.1) is 0 Å². The van der Waals surface area contributed by atoms with Crippen molar-refractivity contribution in [2.75, 3.05) is 14.2 Å². The fraction of sp³-hybridized carbons (Fsp3) is 0.333. The summed E-state index contributed by atoms with van der Waals surface area (Å²) in [6.07, 6.45) is 3.84. The molecule has 1 aliphatic carbocycles. The van der Waals surface area contributed by atoms with Crippen molar-refractivity contribution in [3.63, 3.8) is 0 Å². The van der Waals surface area contributed by atoms with Crippen LogP contribution in [-0.2, 0) is 19.1 Å². The van der Waals surface area contributed by atoms with E-state index < -0.39 is 11.9 Å². The molecule has 4 nitrogen and oxygen atoms in total. The quantitative estimate of drug-likeness (QED) is 0.586. The predicted octanol–water partition coefficient (Wildman–Crippen LogP) is 0.589. The van der Waals surface area contributed by atoms with Gasteiger partial charge in [0, 0.05) is 0 Å². The standard InChI is InChI=1S/C9H10O4/c1-12-8(10)6-4-3-5-7(6)9(11)13-2/h4-5H,3H2,1-2H3. The Morgan fingerprint density at radius 2 is 1.46 bits per heavy atom. The van der Waals surface area contributed by atoms with E-state index in [4.69, 9.17) is 0 Å². The molecule has 0 atom stereocenters. The SMILES string of the molecule is COC(=O)C1=CCC=C1C(=O)OC. The molecule has 0 aromatic heterocycles. The summed E-state index contributed by atoms with van der Waals surface area (Å²) in [6, 6.07) is 0. The Bertz CT molecular complexity index is 269.